The summed E-state index contributed by atoms with van der Waals surface area (Å²) in [5, 5.41) is 0. The van der Waals surface area contributed by atoms with Crippen molar-refractivity contribution < 1.29 is 9.53 Å². The maximum Gasteiger partial charge on any atom is 0.332 e. The molecule has 3 aromatic heterocycles. The Bertz CT molecular complexity index is 1370. The van der Waals surface area contributed by atoms with Crippen LogP contribution in [0.4, 0.5) is 0 Å². The summed E-state index contributed by atoms with van der Waals surface area (Å²) in [6.07, 6.45) is 1.78. The third-order valence-electron chi connectivity index (χ3n) is 5.51. The molecule has 3 heterocycles. The van der Waals surface area contributed by atoms with Gasteiger partial charge in [0.2, 0.25) is 5.78 Å². The molecule has 0 aliphatic heterocycles. The minimum absolute atomic E-state index is 0.0147. The van der Waals surface area contributed by atoms with Crippen molar-refractivity contribution in [2.45, 2.75) is 32.9 Å². The molecule has 0 fully saturated rings. The molecule has 0 N–H and O–H groups in total. The number of ether oxygens (including phenoxy) is 1. The first-order valence-corrected chi connectivity index (χ1v) is 9.66. The highest BCUT2D eigenvalue weighted by molar-refractivity contribution is 5.76. The molecule has 0 spiro atoms. The molecule has 156 valence electrons. The van der Waals surface area contributed by atoms with Gasteiger partial charge in [-0.15, -0.1) is 0 Å². The van der Waals surface area contributed by atoms with Gasteiger partial charge in [0.1, 0.15) is 0 Å². The summed E-state index contributed by atoms with van der Waals surface area (Å²) in [6, 6.07) is 9.99. The van der Waals surface area contributed by atoms with Crippen LogP contribution in [0.5, 0.6) is 0 Å². The molecule has 0 aliphatic carbocycles. The molecule has 0 amide bonds. The number of hydrogen-bond acceptors (Lipinski definition) is 5. The lowest BCUT2D eigenvalue weighted by Crippen LogP contribution is -2.39. The second kappa shape index (κ2) is 7.33. The number of benzene rings is 1. The van der Waals surface area contributed by atoms with Crippen LogP contribution in [-0.2, 0) is 23.1 Å². The van der Waals surface area contributed by atoms with Gasteiger partial charge in [-0.05, 0) is 19.4 Å². The third-order valence-corrected chi connectivity index (χ3v) is 5.51. The molecule has 0 bridgehead atoms. The Morgan fingerprint density at radius 1 is 1.20 bits per heavy atom. The summed E-state index contributed by atoms with van der Waals surface area (Å²) in [5.74, 6) is 0.0952. The highest BCUT2D eigenvalue weighted by Gasteiger charge is 2.22. The number of carbonyl (C=O) groups is 1. The number of esters is 1. The van der Waals surface area contributed by atoms with Crippen LogP contribution in [0, 0.1) is 6.92 Å². The minimum atomic E-state index is -0.517. The van der Waals surface area contributed by atoms with Crippen molar-refractivity contribution in [2.75, 3.05) is 7.11 Å². The molecule has 1 atom stereocenters. The number of imidazole rings is 2. The number of hydrogen-bond donors (Lipinski definition) is 0. The van der Waals surface area contributed by atoms with E-state index >= 15 is 0 Å². The number of aryl methyl sites for hydroxylation is 2. The van der Waals surface area contributed by atoms with Gasteiger partial charge in [-0.3, -0.25) is 23.1 Å². The molecule has 9 nitrogen and oxygen atoms in total. The van der Waals surface area contributed by atoms with Gasteiger partial charge >= 0.3 is 11.7 Å². The molecule has 0 saturated carbocycles. The van der Waals surface area contributed by atoms with Gasteiger partial charge in [-0.2, -0.15) is 4.98 Å². The van der Waals surface area contributed by atoms with Crippen LogP contribution in [0.1, 0.15) is 30.6 Å². The molecular formula is C21H23N5O4. The predicted molar refractivity (Wildman–Crippen MR) is 112 cm³/mol. The maximum atomic E-state index is 13.2. The topological polar surface area (TPSA) is 92.5 Å². The van der Waals surface area contributed by atoms with Crippen LogP contribution in [0.3, 0.4) is 0 Å². The van der Waals surface area contributed by atoms with Gasteiger partial charge in [0, 0.05) is 25.5 Å². The first kappa shape index (κ1) is 19.7. The van der Waals surface area contributed by atoms with Crippen LogP contribution >= 0.6 is 0 Å². The fourth-order valence-electron chi connectivity index (χ4n) is 3.89. The quantitative estimate of drug-likeness (QED) is 0.467. The molecule has 0 unspecified atom stereocenters. The van der Waals surface area contributed by atoms with Gasteiger partial charge in [-0.1, -0.05) is 30.3 Å². The lowest BCUT2D eigenvalue weighted by molar-refractivity contribution is -0.140. The average molecular weight is 409 g/mol. The van der Waals surface area contributed by atoms with Crippen molar-refractivity contribution in [1.29, 1.82) is 0 Å². The highest BCUT2D eigenvalue weighted by atomic mass is 16.5. The standard InChI is InChI=1S/C21H23N5O4/c1-13-12-25-17-18(22-20(25)26(13)14(2)15-8-6-5-7-9-15)23(3)21(29)24(19(17)28)11-10-16(27)30-4/h5-9,12,14H,10-11H2,1-4H3/t14-/m1/s1. The second-order valence-electron chi connectivity index (χ2n) is 7.31. The number of aromatic nitrogens is 5. The van der Waals surface area contributed by atoms with E-state index in [1.54, 1.807) is 11.4 Å². The van der Waals surface area contributed by atoms with Crippen LogP contribution < -0.4 is 11.2 Å². The van der Waals surface area contributed by atoms with Crippen molar-refractivity contribution in [2.24, 2.45) is 7.05 Å². The summed E-state index contributed by atoms with van der Waals surface area (Å²) >= 11 is 0. The average Bonchev–Trinajstić information content (AvgIpc) is 3.26. The third kappa shape index (κ3) is 2.94. The summed E-state index contributed by atoms with van der Waals surface area (Å²) < 4.78 is 10.8. The van der Waals surface area contributed by atoms with Gasteiger partial charge < -0.3 is 9.30 Å². The molecular weight excluding hydrogens is 386 g/mol. The predicted octanol–water partition coefficient (Wildman–Crippen LogP) is 1.63. The van der Waals surface area contributed by atoms with Gasteiger partial charge in [0.25, 0.3) is 5.56 Å². The van der Waals surface area contributed by atoms with Gasteiger partial charge in [0.15, 0.2) is 11.2 Å². The minimum Gasteiger partial charge on any atom is -0.469 e. The summed E-state index contributed by atoms with van der Waals surface area (Å²) in [5.41, 5.74) is 1.66. The van der Waals surface area contributed by atoms with E-state index < -0.39 is 17.2 Å². The first-order valence-electron chi connectivity index (χ1n) is 9.66. The largest absolute Gasteiger partial charge is 0.469 e. The normalized spacial score (nSPS) is 12.5. The Balaban J connectivity index is 1.95. The van der Waals surface area contributed by atoms with Crippen molar-refractivity contribution in [3.05, 3.63) is 68.6 Å². The number of methoxy groups -OCH3 is 1. The first-order chi connectivity index (χ1) is 14.3. The van der Waals surface area contributed by atoms with Crippen molar-refractivity contribution in [1.82, 2.24) is 23.1 Å². The van der Waals surface area contributed by atoms with E-state index in [0.29, 0.717) is 16.9 Å². The zero-order chi connectivity index (χ0) is 21.6. The lowest BCUT2D eigenvalue weighted by Gasteiger charge is -2.16. The molecule has 4 aromatic rings. The number of nitrogens with zero attached hydrogens (tertiary/aromatic N) is 5. The molecule has 30 heavy (non-hydrogen) atoms. The van der Waals surface area contributed by atoms with Crippen LogP contribution in [0.25, 0.3) is 16.9 Å². The number of rotatable bonds is 5. The SMILES string of the molecule is COC(=O)CCn1c(=O)c2c(nc3n([C@H](C)c4ccccc4)c(C)cn23)n(C)c1=O. The Kier molecular flexibility index (Phi) is 4.81. The monoisotopic (exact) mass is 409 g/mol. The fourth-order valence-corrected chi connectivity index (χ4v) is 3.89. The van der Waals surface area contributed by atoms with Crippen LogP contribution in [0.2, 0.25) is 0 Å². The van der Waals surface area contributed by atoms with E-state index in [4.69, 9.17) is 0 Å². The zero-order valence-corrected chi connectivity index (χ0v) is 17.3. The van der Waals surface area contributed by atoms with Gasteiger partial charge in [-0.25, -0.2) is 4.79 Å². The Labute approximate surface area is 171 Å². The number of fused-ring (bicyclic) bond motifs is 3. The Morgan fingerprint density at radius 2 is 1.90 bits per heavy atom. The number of carbonyl (C=O) groups excluding carboxylic acids is 1. The maximum absolute atomic E-state index is 13.2. The molecule has 0 radical (unpaired) electrons. The van der Waals surface area contributed by atoms with Crippen molar-refractivity contribution >= 4 is 22.9 Å². The van der Waals surface area contributed by atoms with E-state index in [2.05, 4.69) is 16.6 Å². The molecule has 0 saturated heterocycles. The molecule has 9 heteroatoms. The molecule has 1 aromatic carbocycles. The van der Waals surface area contributed by atoms with E-state index in [0.717, 1.165) is 15.8 Å². The molecule has 0 aliphatic rings. The zero-order valence-electron chi connectivity index (χ0n) is 17.3. The summed E-state index contributed by atoms with van der Waals surface area (Å²) in [7, 11) is 2.84. The summed E-state index contributed by atoms with van der Waals surface area (Å²) in [6.45, 7) is 3.97. The lowest BCUT2D eigenvalue weighted by atomic mass is 10.1. The smallest absolute Gasteiger partial charge is 0.332 e. The van der Waals surface area contributed by atoms with Crippen molar-refractivity contribution in [3.63, 3.8) is 0 Å². The van der Waals surface area contributed by atoms with E-state index in [1.807, 2.05) is 48.0 Å². The molecule has 4 rings (SSSR count). The van der Waals surface area contributed by atoms with Crippen LogP contribution in [-0.4, -0.2) is 36.2 Å². The van der Waals surface area contributed by atoms with Crippen LogP contribution in [0.15, 0.2) is 46.1 Å². The Hall–Kier alpha value is -3.62. The Morgan fingerprint density at radius 3 is 2.57 bits per heavy atom. The summed E-state index contributed by atoms with van der Waals surface area (Å²) in [4.78, 5) is 42.0. The fraction of sp³-hybridized carbons (Fsp3) is 0.333. The second-order valence-corrected chi connectivity index (χ2v) is 7.31. The van der Waals surface area contributed by atoms with Crippen molar-refractivity contribution in [3.8, 4) is 0 Å². The van der Waals surface area contributed by atoms with E-state index in [-0.39, 0.29) is 19.0 Å². The highest BCUT2D eigenvalue weighted by Crippen LogP contribution is 2.25. The van der Waals surface area contributed by atoms with E-state index in [9.17, 15) is 14.4 Å². The van der Waals surface area contributed by atoms with Gasteiger partial charge in [0.05, 0.1) is 19.6 Å². The van der Waals surface area contributed by atoms with E-state index in [1.165, 1.54) is 11.7 Å².